The van der Waals surface area contributed by atoms with Crippen LogP contribution in [0.15, 0.2) is 72.1 Å². The summed E-state index contributed by atoms with van der Waals surface area (Å²) in [5.74, 6) is -1.39. The smallest absolute Gasteiger partial charge is 0.331 e. The molecule has 1 N–H and O–H groups in total. The minimum absolute atomic E-state index is 0.348. The van der Waals surface area contributed by atoms with Crippen molar-refractivity contribution in [3.05, 3.63) is 99.5 Å². The lowest BCUT2D eigenvalue weighted by Gasteiger charge is -2.18. The zero-order valence-electron chi connectivity index (χ0n) is 15.8. The van der Waals surface area contributed by atoms with E-state index in [4.69, 9.17) is 4.74 Å². The number of aryl methyl sites for hydroxylation is 1. The Kier molecular flexibility index (Phi) is 6.92. The highest BCUT2D eigenvalue weighted by molar-refractivity contribution is 7.10. The van der Waals surface area contributed by atoms with Crippen LogP contribution in [0, 0.1) is 12.7 Å². The molecule has 0 unspecified atom stereocenters. The number of amides is 1. The molecule has 0 saturated heterocycles. The number of esters is 1. The second kappa shape index (κ2) is 9.80. The number of halogens is 1. The Morgan fingerprint density at radius 2 is 1.86 bits per heavy atom. The van der Waals surface area contributed by atoms with Gasteiger partial charge in [-0.2, -0.15) is 0 Å². The third-order valence-electron chi connectivity index (χ3n) is 4.27. The van der Waals surface area contributed by atoms with Crippen molar-refractivity contribution in [2.45, 2.75) is 13.0 Å². The van der Waals surface area contributed by atoms with E-state index in [0.29, 0.717) is 0 Å². The number of carbonyl (C=O) groups excluding carboxylic acids is 2. The summed E-state index contributed by atoms with van der Waals surface area (Å²) in [6, 6.07) is 16.9. The third kappa shape index (κ3) is 5.86. The fourth-order valence-electron chi connectivity index (χ4n) is 2.75. The maximum Gasteiger partial charge on any atom is 0.331 e. The fraction of sp³-hybridized carbons (Fsp3) is 0.130. The number of thiophene rings is 1. The highest BCUT2D eigenvalue weighted by Crippen LogP contribution is 2.26. The van der Waals surface area contributed by atoms with Gasteiger partial charge in [0.1, 0.15) is 5.82 Å². The van der Waals surface area contributed by atoms with Crippen molar-refractivity contribution in [2.75, 3.05) is 6.61 Å². The molecular weight excluding hydrogens is 389 g/mol. The molecule has 4 nitrogen and oxygen atoms in total. The molecule has 0 aliphatic heterocycles. The maximum atomic E-state index is 13.2. The third-order valence-corrected chi connectivity index (χ3v) is 5.21. The van der Waals surface area contributed by atoms with Gasteiger partial charge in [0.2, 0.25) is 0 Å². The molecule has 3 aromatic rings. The quantitative estimate of drug-likeness (QED) is 0.456. The van der Waals surface area contributed by atoms with Crippen molar-refractivity contribution in [1.29, 1.82) is 0 Å². The number of hydrogen-bond acceptors (Lipinski definition) is 4. The number of nitrogens with one attached hydrogen (secondary N) is 1. The molecule has 6 heteroatoms. The first-order valence-corrected chi connectivity index (χ1v) is 9.89. The van der Waals surface area contributed by atoms with Crippen LogP contribution < -0.4 is 5.32 Å². The first kappa shape index (κ1) is 20.5. The van der Waals surface area contributed by atoms with Gasteiger partial charge >= 0.3 is 5.97 Å². The molecule has 0 bridgehead atoms. The Bertz CT molecular complexity index is 997. The SMILES string of the molecule is Cc1ccccc1/C=C/C(=O)OCC(=O)N[C@@H](c1ccc(F)cc1)c1cccs1. The van der Waals surface area contributed by atoms with E-state index in [1.165, 1.54) is 29.5 Å². The topological polar surface area (TPSA) is 55.4 Å². The summed E-state index contributed by atoms with van der Waals surface area (Å²) >= 11 is 1.48. The van der Waals surface area contributed by atoms with E-state index in [-0.39, 0.29) is 5.82 Å². The van der Waals surface area contributed by atoms with Crippen LogP contribution >= 0.6 is 11.3 Å². The van der Waals surface area contributed by atoms with Gasteiger partial charge in [-0.15, -0.1) is 11.3 Å². The zero-order valence-corrected chi connectivity index (χ0v) is 16.6. The molecule has 1 atom stereocenters. The van der Waals surface area contributed by atoms with Crippen molar-refractivity contribution < 1.29 is 18.7 Å². The summed E-state index contributed by atoms with van der Waals surface area (Å²) < 4.78 is 18.3. The first-order valence-electron chi connectivity index (χ1n) is 9.01. The van der Waals surface area contributed by atoms with E-state index >= 15 is 0 Å². The summed E-state index contributed by atoms with van der Waals surface area (Å²) in [6.07, 6.45) is 2.95. The molecule has 29 heavy (non-hydrogen) atoms. The Hall–Kier alpha value is -3.25. The maximum absolute atomic E-state index is 13.2. The van der Waals surface area contributed by atoms with Crippen molar-refractivity contribution in [3.63, 3.8) is 0 Å². The van der Waals surface area contributed by atoms with Crippen LogP contribution in [0.1, 0.15) is 27.6 Å². The zero-order chi connectivity index (χ0) is 20.6. The molecule has 1 aromatic heterocycles. The summed E-state index contributed by atoms with van der Waals surface area (Å²) in [6.45, 7) is 1.54. The van der Waals surface area contributed by atoms with Crippen LogP contribution in [-0.4, -0.2) is 18.5 Å². The lowest BCUT2D eigenvalue weighted by molar-refractivity contribution is -0.143. The minimum Gasteiger partial charge on any atom is -0.452 e. The van der Waals surface area contributed by atoms with Gasteiger partial charge < -0.3 is 10.1 Å². The van der Waals surface area contributed by atoms with Crippen LogP contribution in [0.2, 0.25) is 0 Å². The number of ether oxygens (including phenoxy) is 1. The number of carbonyl (C=O) groups is 2. The van der Waals surface area contributed by atoms with E-state index in [1.54, 1.807) is 18.2 Å². The molecule has 1 amide bonds. The molecule has 0 aliphatic rings. The van der Waals surface area contributed by atoms with Gasteiger partial charge in [0.25, 0.3) is 5.91 Å². The van der Waals surface area contributed by atoms with Crippen LogP contribution in [-0.2, 0) is 14.3 Å². The van der Waals surface area contributed by atoms with E-state index in [2.05, 4.69) is 5.32 Å². The van der Waals surface area contributed by atoms with Gasteiger partial charge in [0.05, 0.1) is 6.04 Å². The first-order chi connectivity index (χ1) is 14.0. The van der Waals surface area contributed by atoms with Crippen LogP contribution in [0.25, 0.3) is 6.08 Å². The minimum atomic E-state index is -0.599. The molecule has 0 fully saturated rings. The number of hydrogen-bond donors (Lipinski definition) is 1. The monoisotopic (exact) mass is 409 g/mol. The lowest BCUT2D eigenvalue weighted by atomic mass is 10.1. The Labute approximate surface area is 172 Å². The Morgan fingerprint density at radius 1 is 1.10 bits per heavy atom. The Balaban J connectivity index is 1.59. The van der Waals surface area contributed by atoms with Crippen LogP contribution in [0.5, 0.6) is 0 Å². The largest absolute Gasteiger partial charge is 0.452 e. The van der Waals surface area contributed by atoms with Gasteiger partial charge in [-0.25, -0.2) is 9.18 Å². The van der Waals surface area contributed by atoms with E-state index in [0.717, 1.165) is 21.6 Å². The highest BCUT2D eigenvalue weighted by atomic mass is 32.1. The lowest BCUT2D eigenvalue weighted by Crippen LogP contribution is -2.32. The predicted molar refractivity (Wildman–Crippen MR) is 112 cm³/mol. The molecule has 3 rings (SSSR count). The highest BCUT2D eigenvalue weighted by Gasteiger charge is 2.18. The van der Waals surface area contributed by atoms with Crippen molar-refractivity contribution in [3.8, 4) is 0 Å². The fourth-order valence-corrected chi connectivity index (χ4v) is 3.55. The number of rotatable bonds is 7. The summed E-state index contributed by atoms with van der Waals surface area (Å²) in [5, 5.41) is 4.74. The average molecular weight is 409 g/mol. The second-order valence-electron chi connectivity index (χ2n) is 6.37. The predicted octanol–water partition coefficient (Wildman–Crippen LogP) is 4.66. The van der Waals surface area contributed by atoms with Crippen LogP contribution in [0.4, 0.5) is 4.39 Å². The molecule has 0 spiro atoms. The van der Waals surface area contributed by atoms with Gasteiger partial charge in [0.15, 0.2) is 6.61 Å². The molecular formula is C23H20FNO3S. The Morgan fingerprint density at radius 3 is 2.55 bits per heavy atom. The van der Waals surface area contributed by atoms with Crippen molar-refractivity contribution in [2.24, 2.45) is 0 Å². The van der Waals surface area contributed by atoms with Gasteiger partial charge in [0, 0.05) is 11.0 Å². The van der Waals surface area contributed by atoms with Crippen LogP contribution in [0.3, 0.4) is 0 Å². The van der Waals surface area contributed by atoms with Crippen molar-refractivity contribution >= 4 is 29.3 Å². The average Bonchev–Trinajstić information content (AvgIpc) is 3.25. The second-order valence-corrected chi connectivity index (χ2v) is 7.34. The van der Waals surface area contributed by atoms with Gasteiger partial charge in [-0.1, -0.05) is 42.5 Å². The van der Waals surface area contributed by atoms with Gasteiger partial charge in [-0.3, -0.25) is 4.79 Å². The van der Waals surface area contributed by atoms with E-state index < -0.39 is 24.5 Å². The molecule has 148 valence electrons. The molecule has 2 aromatic carbocycles. The summed E-state index contributed by atoms with van der Waals surface area (Å²) in [4.78, 5) is 25.2. The van der Waals surface area contributed by atoms with E-state index in [9.17, 15) is 14.0 Å². The molecule has 0 saturated carbocycles. The summed E-state index contributed by atoms with van der Waals surface area (Å²) in [5.41, 5.74) is 2.68. The van der Waals surface area contributed by atoms with Crippen molar-refractivity contribution in [1.82, 2.24) is 5.32 Å². The standard InChI is InChI=1S/C23H20FNO3S/c1-16-5-2-3-6-17(16)10-13-22(27)28-15-21(26)25-23(20-7-4-14-29-20)18-8-11-19(24)12-9-18/h2-14,23H,15H2,1H3,(H,25,26)/b13-10+/t23-/m0/s1. The summed E-state index contributed by atoms with van der Waals surface area (Å²) in [7, 11) is 0. The van der Waals surface area contributed by atoms with Gasteiger partial charge in [-0.05, 0) is 53.3 Å². The normalized spacial score (nSPS) is 11.9. The van der Waals surface area contributed by atoms with E-state index in [1.807, 2.05) is 48.7 Å². The molecule has 0 aliphatic carbocycles. The molecule has 0 radical (unpaired) electrons. The molecule has 1 heterocycles. The number of benzene rings is 2.